The third-order valence-electron chi connectivity index (χ3n) is 13.7. The van der Waals surface area contributed by atoms with Crippen molar-refractivity contribution in [3.05, 3.63) is 72.9 Å². The van der Waals surface area contributed by atoms with Crippen molar-refractivity contribution in [1.29, 1.82) is 0 Å². The Morgan fingerprint density at radius 3 is 0.767 bits per heavy atom. The molecule has 6 nitrogen and oxygen atoms in total. The molecule has 0 N–H and O–H groups in total. The molecule has 0 aliphatic heterocycles. The van der Waals surface area contributed by atoms with Crippen LogP contribution < -0.4 is 0 Å². The zero-order valence-corrected chi connectivity index (χ0v) is 48.4. The summed E-state index contributed by atoms with van der Waals surface area (Å²) in [6.07, 6.45) is 79.5. The standard InChI is InChI=1S/C67H118O6/c1-4-7-10-13-15-17-19-21-23-25-27-29-30-31-32-33-34-35-36-38-39-41-43-45-47-49-51-54-57-60-66(69)72-63-64(62-71-65(68)59-56-53-12-9-6-3)73-67(70)61-58-55-52-50-48-46-44-42-40-37-28-26-24-22-20-18-16-14-11-8-5-2/h19-22,25-28,30-31,40,42,64H,4-18,23-24,29,32-39,41,43-63H2,1-3H3/b21-19-,22-20-,27-25-,28-26-,31-30-,42-40-. The summed E-state index contributed by atoms with van der Waals surface area (Å²) in [5.74, 6) is -0.897. The molecule has 1 atom stereocenters. The fourth-order valence-electron chi connectivity index (χ4n) is 8.93. The van der Waals surface area contributed by atoms with Crippen LogP contribution in [-0.2, 0) is 28.6 Å². The summed E-state index contributed by atoms with van der Waals surface area (Å²) in [6.45, 7) is 6.55. The molecule has 0 aromatic carbocycles. The number of carbonyl (C=O) groups is 3. The minimum absolute atomic E-state index is 0.0797. The van der Waals surface area contributed by atoms with E-state index in [1.54, 1.807) is 0 Å². The van der Waals surface area contributed by atoms with Crippen LogP contribution in [0.25, 0.3) is 0 Å². The largest absolute Gasteiger partial charge is 0.462 e. The van der Waals surface area contributed by atoms with Gasteiger partial charge in [0.1, 0.15) is 13.2 Å². The fraction of sp³-hybridized carbons (Fsp3) is 0.776. The Labute approximate surface area is 453 Å². The maximum atomic E-state index is 12.8. The summed E-state index contributed by atoms with van der Waals surface area (Å²) >= 11 is 0. The van der Waals surface area contributed by atoms with Crippen molar-refractivity contribution in [1.82, 2.24) is 0 Å². The minimum atomic E-state index is -0.779. The van der Waals surface area contributed by atoms with Gasteiger partial charge in [0.25, 0.3) is 0 Å². The third kappa shape index (κ3) is 59.6. The predicted octanol–water partition coefficient (Wildman–Crippen LogP) is 21.3. The summed E-state index contributed by atoms with van der Waals surface area (Å²) in [5.41, 5.74) is 0. The van der Waals surface area contributed by atoms with Crippen LogP contribution in [0.2, 0.25) is 0 Å². The highest BCUT2D eigenvalue weighted by Gasteiger charge is 2.19. The van der Waals surface area contributed by atoms with Crippen molar-refractivity contribution in [3.63, 3.8) is 0 Å². The molecule has 0 saturated carbocycles. The number of allylic oxidation sites excluding steroid dienone is 12. The van der Waals surface area contributed by atoms with Gasteiger partial charge >= 0.3 is 17.9 Å². The van der Waals surface area contributed by atoms with Crippen molar-refractivity contribution in [2.75, 3.05) is 13.2 Å². The van der Waals surface area contributed by atoms with E-state index >= 15 is 0 Å². The molecule has 0 aliphatic rings. The number of hydrogen-bond donors (Lipinski definition) is 0. The highest BCUT2D eigenvalue weighted by Crippen LogP contribution is 2.16. The normalized spacial score (nSPS) is 12.5. The quantitative estimate of drug-likeness (QED) is 0.0261. The lowest BCUT2D eigenvalue weighted by Crippen LogP contribution is -2.30. The molecule has 422 valence electrons. The van der Waals surface area contributed by atoms with E-state index in [0.29, 0.717) is 19.3 Å². The van der Waals surface area contributed by atoms with Gasteiger partial charge in [-0.15, -0.1) is 0 Å². The summed E-state index contributed by atoms with van der Waals surface area (Å²) in [6, 6.07) is 0. The van der Waals surface area contributed by atoms with E-state index in [-0.39, 0.29) is 31.1 Å². The van der Waals surface area contributed by atoms with E-state index in [1.165, 1.54) is 173 Å². The maximum Gasteiger partial charge on any atom is 0.306 e. The van der Waals surface area contributed by atoms with Crippen LogP contribution in [0.4, 0.5) is 0 Å². The molecule has 1 unspecified atom stereocenters. The van der Waals surface area contributed by atoms with Crippen molar-refractivity contribution in [2.24, 2.45) is 0 Å². The first-order valence-electron chi connectivity index (χ1n) is 31.4. The molecule has 0 heterocycles. The number of esters is 3. The fourth-order valence-corrected chi connectivity index (χ4v) is 8.93. The van der Waals surface area contributed by atoms with Crippen LogP contribution >= 0.6 is 0 Å². The summed E-state index contributed by atoms with van der Waals surface area (Å²) in [4.78, 5) is 37.9. The number of carbonyl (C=O) groups excluding carboxylic acids is 3. The van der Waals surface area contributed by atoms with Gasteiger partial charge in [0.05, 0.1) is 0 Å². The Hall–Kier alpha value is -3.15. The highest BCUT2D eigenvalue weighted by atomic mass is 16.6. The summed E-state index contributed by atoms with van der Waals surface area (Å²) in [7, 11) is 0. The summed E-state index contributed by atoms with van der Waals surface area (Å²) in [5, 5.41) is 0. The molecule has 0 aromatic rings. The lowest BCUT2D eigenvalue weighted by atomic mass is 10.0. The average molecular weight is 1020 g/mol. The van der Waals surface area contributed by atoms with Crippen molar-refractivity contribution in [3.8, 4) is 0 Å². The molecular formula is C67H118O6. The number of hydrogen-bond acceptors (Lipinski definition) is 6. The third-order valence-corrected chi connectivity index (χ3v) is 13.7. The average Bonchev–Trinajstić information content (AvgIpc) is 3.39. The molecule has 0 radical (unpaired) electrons. The lowest BCUT2D eigenvalue weighted by Gasteiger charge is -2.18. The molecule has 6 heteroatoms. The van der Waals surface area contributed by atoms with Gasteiger partial charge in [0.2, 0.25) is 0 Å². The zero-order valence-electron chi connectivity index (χ0n) is 48.4. The van der Waals surface area contributed by atoms with E-state index in [4.69, 9.17) is 14.2 Å². The van der Waals surface area contributed by atoms with Gasteiger partial charge in [-0.05, 0) is 96.3 Å². The van der Waals surface area contributed by atoms with Crippen LogP contribution in [0, 0.1) is 0 Å². The van der Waals surface area contributed by atoms with E-state index < -0.39 is 6.10 Å². The van der Waals surface area contributed by atoms with E-state index in [2.05, 4.69) is 93.7 Å². The molecule has 0 fully saturated rings. The van der Waals surface area contributed by atoms with Crippen LogP contribution in [-0.4, -0.2) is 37.2 Å². The second-order valence-corrected chi connectivity index (χ2v) is 21.0. The Bertz CT molecular complexity index is 1360. The van der Waals surface area contributed by atoms with Crippen LogP contribution in [0.1, 0.15) is 316 Å². The Morgan fingerprint density at radius 1 is 0.274 bits per heavy atom. The second-order valence-electron chi connectivity index (χ2n) is 21.0. The van der Waals surface area contributed by atoms with Gasteiger partial charge in [-0.3, -0.25) is 14.4 Å². The molecule has 0 aliphatic carbocycles. The SMILES string of the molecule is CCCCCCC/C=C\C/C=C\C/C=C\CCCCCCCCCCCCCCCCC(=O)OCC(COC(=O)CCCCCCC)OC(=O)CCCCCCCC/C=C\C/C=C\C/C=C\CCCCCCC. The van der Waals surface area contributed by atoms with Crippen LogP contribution in [0.3, 0.4) is 0 Å². The Balaban J connectivity index is 4.04. The van der Waals surface area contributed by atoms with E-state index in [9.17, 15) is 14.4 Å². The van der Waals surface area contributed by atoms with Gasteiger partial charge in [0.15, 0.2) is 6.10 Å². The lowest BCUT2D eigenvalue weighted by molar-refractivity contribution is -0.167. The second kappa shape index (κ2) is 61.4. The predicted molar refractivity (Wildman–Crippen MR) is 316 cm³/mol. The van der Waals surface area contributed by atoms with Gasteiger partial charge in [-0.25, -0.2) is 0 Å². The van der Waals surface area contributed by atoms with Crippen molar-refractivity contribution in [2.45, 2.75) is 322 Å². The van der Waals surface area contributed by atoms with E-state index in [0.717, 1.165) is 103 Å². The molecule has 0 bridgehead atoms. The Kier molecular flexibility index (Phi) is 58.7. The number of unbranched alkanes of at least 4 members (excludes halogenated alkanes) is 34. The monoisotopic (exact) mass is 1020 g/mol. The van der Waals surface area contributed by atoms with Gasteiger partial charge in [0, 0.05) is 19.3 Å². The maximum absolute atomic E-state index is 12.8. The van der Waals surface area contributed by atoms with E-state index in [1.807, 2.05) is 0 Å². The molecule has 0 amide bonds. The molecule has 73 heavy (non-hydrogen) atoms. The number of rotatable bonds is 57. The zero-order chi connectivity index (χ0) is 52.9. The van der Waals surface area contributed by atoms with Crippen LogP contribution in [0.5, 0.6) is 0 Å². The smallest absolute Gasteiger partial charge is 0.306 e. The van der Waals surface area contributed by atoms with Gasteiger partial charge in [-0.2, -0.15) is 0 Å². The Morgan fingerprint density at radius 2 is 0.493 bits per heavy atom. The van der Waals surface area contributed by atoms with Crippen molar-refractivity contribution < 1.29 is 28.6 Å². The molecule has 0 aromatic heterocycles. The first kappa shape index (κ1) is 69.8. The molecular weight excluding hydrogens is 901 g/mol. The van der Waals surface area contributed by atoms with Crippen molar-refractivity contribution >= 4 is 17.9 Å². The molecule has 0 rings (SSSR count). The minimum Gasteiger partial charge on any atom is -0.462 e. The summed E-state index contributed by atoms with van der Waals surface area (Å²) < 4.78 is 16.8. The molecule has 0 spiro atoms. The van der Waals surface area contributed by atoms with Gasteiger partial charge < -0.3 is 14.2 Å². The molecule has 0 saturated heterocycles. The highest BCUT2D eigenvalue weighted by molar-refractivity contribution is 5.71. The van der Waals surface area contributed by atoms with Gasteiger partial charge in [-0.1, -0.05) is 273 Å². The first-order chi connectivity index (χ1) is 36.0. The first-order valence-corrected chi connectivity index (χ1v) is 31.4. The number of ether oxygens (including phenoxy) is 3. The van der Waals surface area contributed by atoms with Crippen LogP contribution in [0.15, 0.2) is 72.9 Å². The topological polar surface area (TPSA) is 78.9 Å².